The molecule has 1 aromatic heterocycles. The van der Waals surface area contributed by atoms with E-state index in [9.17, 15) is 13.2 Å². The second-order valence-corrected chi connectivity index (χ2v) is 15.1. The number of aryl methyl sites for hydroxylation is 1. The van der Waals surface area contributed by atoms with Crippen LogP contribution in [0.2, 0.25) is 0 Å². The maximum absolute atomic E-state index is 15.0. The number of ether oxygens (including phenoxy) is 2. The van der Waals surface area contributed by atoms with Gasteiger partial charge in [0.2, 0.25) is 3.79 Å². The third-order valence-electron chi connectivity index (χ3n) is 7.46. The first-order chi connectivity index (χ1) is 19.8. The first-order valence-corrected chi connectivity index (χ1v) is 16.2. The van der Waals surface area contributed by atoms with Crippen LogP contribution in [0.15, 0.2) is 54.7 Å². The van der Waals surface area contributed by atoms with Crippen LogP contribution < -0.4 is 4.74 Å². The van der Waals surface area contributed by atoms with Crippen molar-refractivity contribution < 1.29 is 31.5 Å². The predicted octanol–water partition coefficient (Wildman–Crippen LogP) is 6.81. The number of carbonyl (C=O) groups is 1. The van der Waals surface area contributed by atoms with Gasteiger partial charge in [0.25, 0.3) is 0 Å². The fourth-order valence-corrected chi connectivity index (χ4v) is 6.87. The second kappa shape index (κ2) is 12.1. The summed E-state index contributed by atoms with van der Waals surface area (Å²) in [5.74, 6) is -2.37. The molecule has 0 aliphatic carbocycles. The van der Waals surface area contributed by atoms with Crippen molar-refractivity contribution in [3.05, 3.63) is 83.2 Å². The summed E-state index contributed by atoms with van der Waals surface area (Å²) in [6.45, 7) is 0.509. The van der Waals surface area contributed by atoms with E-state index in [1.54, 1.807) is 35.2 Å². The van der Waals surface area contributed by atoms with E-state index >= 15 is 8.78 Å². The molecule has 0 unspecified atom stereocenters. The number of hydrogen-bond acceptors (Lipinski definition) is 6. The van der Waals surface area contributed by atoms with Crippen molar-refractivity contribution in [1.82, 2.24) is 9.88 Å². The minimum atomic E-state index is -3.86. The molecule has 2 aliphatic rings. The molecule has 5 rings (SSSR count). The van der Waals surface area contributed by atoms with Crippen LogP contribution in [-0.4, -0.2) is 53.5 Å². The summed E-state index contributed by atoms with van der Waals surface area (Å²) < 4.78 is 65.1. The van der Waals surface area contributed by atoms with Crippen molar-refractivity contribution in [3.8, 4) is 16.9 Å². The number of nitrogens with zero attached hydrogens (tertiary/aromatic N) is 2. The number of halogens is 5. The van der Waals surface area contributed by atoms with Crippen molar-refractivity contribution in [2.75, 3.05) is 19.7 Å². The Kier molecular flexibility index (Phi) is 8.90. The lowest BCUT2D eigenvalue weighted by atomic mass is 9.82. The van der Waals surface area contributed by atoms with Gasteiger partial charge in [-0.25, -0.2) is 22.0 Å². The summed E-state index contributed by atoms with van der Waals surface area (Å²) in [5, 5.41) is 0. The van der Waals surface area contributed by atoms with E-state index in [0.29, 0.717) is 61.3 Å². The zero-order valence-corrected chi connectivity index (χ0v) is 25.4. The van der Waals surface area contributed by atoms with Gasteiger partial charge in [-0.05, 0) is 65.9 Å². The molecule has 1 fully saturated rings. The molecule has 0 atom stereocenters. The normalized spacial score (nSPS) is 16.5. The van der Waals surface area contributed by atoms with Crippen molar-refractivity contribution in [2.24, 2.45) is 0 Å². The Hall–Kier alpha value is -2.66. The molecule has 1 saturated heterocycles. The van der Waals surface area contributed by atoms with Crippen LogP contribution in [0, 0.1) is 11.6 Å². The standard InChI is InChI=1S/C29H27Cl3F2N2O5S/c30-29(31,32)18-40-27(37)36-11-8-28(9-12-36)7-6-20-13-19(4-5-26(20)41-28)21-14-24(33)23(25(34)15-21)17-42(38,39)16-22-3-1-2-10-35-22/h1-5,10,13-15H,6-9,11-12,16-18H2. The van der Waals surface area contributed by atoms with Gasteiger partial charge < -0.3 is 14.4 Å². The Morgan fingerprint density at radius 3 is 2.36 bits per heavy atom. The predicted molar refractivity (Wildman–Crippen MR) is 156 cm³/mol. The maximum atomic E-state index is 15.0. The average molecular weight is 660 g/mol. The number of piperidine rings is 1. The molecular weight excluding hydrogens is 633 g/mol. The fraction of sp³-hybridized carbons (Fsp3) is 0.379. The molecule has 42 heavy (non-hydrogen) atoms. The lowest BCUT2D eigenvalue weighted by molar-refractivity contribution is -0.0141. The summed E-state index contributed by atoms with van der Waals surface area (Å²) in [7, 11) is -3.86. The largest absolute Gasteiger partial charge is 0.487 e. The molecule has 0 saturated carbocycles. The highest BCUT2D eigenvalue weighted by Gasteiger charge is 2.41. The molecule has 7 nitrogen and oxygen atoms in total. The topological polar surface area (TPSA) is 85.8 Å². The monoisotopic (exact) mass is 658 g/mol. The molecule has 0 radical (unpaired) electrons. The quantitative estimate of drug-likeness (QED) is 0.271. The Labute approximate surface area is 257 Å². The smallest absolute Gasteiger partial charge is 0.409 e. The summed E-state index contributed by atoms with van der Waals surface area (Å²) in [6, 6.07) is 12.5. The van der Waals surface area contributed by atoms with E-state index in [2.05, 4.69) is 4.98 Å². The highest BCUT2D eigenvalue weighted by molar-refractivity contribution is 7.89. The van der Waals surface area contributed by atoms with Gasteiger partial charge in [0.15, 0.2) is 9.84 Å². The van der Waals surface area contributed by atoms with Crippen LogP contribution >= 0.6 is 34.8 Å². The first kappa shape index (κ1) is 30.8. The second-order valence-electron chi connectivity index (χ2n) is 10.5. The first-order valence-electron chi connectivity index (χ1n) is 13.2. The number of benzene rings is 2. The van der Waals surface area contributed by atoms with Crippen molar-refractivity contribution in [2.45, 2.75) is 46.6 Å². The maximum Gasteiger partial charge on any atom is 0.409 e. The Morgan fingerprint density at radius 1 is 1.00 bits per heavy atom. The molecule has 1 amide bonds. The molecule has 2 aromatic carbocycles. The van der Waals surface area contributed by atoms with E-state index in [4.69, 9.17) is 44.3 Å². The molecule has 13 heteroatoms. The summed E-state index contributed by atoms with van der Waals surface area (Å²) in [5.41, 5.74) is 1.13. The van der Waals surface area contributed by atoms with E-state index in [0.717, 1.165) is 17.7 Å². The van der Waals surface area contributed by atoms with Crippen LogP contribution in [0.25, 0.3) is 11.1 Å². The molecular formula is C29H27Cl3F2N2O5S. The van der Waals surface area contributed by atoms with Gasteiger partial charge in [-0.3, -0.25) is 4.98 Å². The van der Waals surface area contributed by atoms with Crippen LogP contribution in [0.1, 0.15) is 36.1 Å². The van der Waals surface area contributed by atoms with Crippen molar-refractivity contribution >= 4 is 50.7 Å². The van der Waals surface area contributed by atoms with Gasteiger partial charge in [-0.1, -0.05) is 46.9 Å². The lowest BCUT2D eigenvalue weighted by Crippen LogP contribution is -2.51. The fourth-order valence-electron chi connectivity index (χ4n) is 5.27. The highest BCUT2D eigenvalue weighted by atomic mass is 35.6. The van der Waals surface area contributed by atoms with Gasteiger partial charge in [-0.15, -0.1) is 0 Å². The van der Waals surface area contributed by atoms with Gasteiger partial charge in [0, 0.05) is 37.7 Å². The molecule has 2 aliphatic heterocycles. The van der Waals surface area contributed by atoms with Crippen molar-refractivity contribution in [1.29, 1.82) is 0 Å². The number of likely N-dealkylation sites (tertiary alicyclic amines) is 1. The van der Waals surface area contributed by atoms with E-state index in [1.165, 1.54) is 6.20 Å². The number of carbonyl (C=O) groups excluding carboxylic acids is 1. The Bertz CT molecular complexity index is 1550. The van der Waals surface area contributed by atoms with Crippen LogP contribution in [0.5, 0.6) is 5.75 Å². The Balaban J connectivity index is 1.25. The third-order valence-corrected chi connectivity index (χ3v) is 9.25. The zero-order chi connectivity index (χ0) is 30.1. The molecule has 0 bridgehead atoms. The third kappa shape index (κ3) is 7.45. The average Bonchev–Trinajstić information content (AvgIpc) is 2.94. The van der Waals surface area contributed by atoms with Crippen LogP contribution in [0.4, 0.5) is 13.6 Å². The highest BCUT2D eigenvalue weighted by Crippen LogP contribution is 2.41. The van der Waals surface area contributed by atoms with Crippen LogP contribution in [0.3, 0.4) is 0 Å². The minimum absolute atomic E-state index is 0.292. The minimum Gasteiger partial charge on any atom is -0.487 e. The number of amides is 1. The summed E-state index contributed by atoms with van der Waals surface area (Å²) in [4.78, 5) is 17.8. The SMILES string of the molecule is O=C(OCC(Cl)(Cl)Cl)N1CCC2(CCc3cc(-c4cc(F)c(CS(=O)(=O)Cc5ccccn5)c(F)c4)ccc3O2)CC1. The molecule has 3 heterocycles. The van der Waals surface area contributed by atoms with Crippen LogP contribution in [-0.2, 0) is 32.5 Å². The van der Waals surface area contributed by atoms with Crippen molar-refractivity contribution in [3.63, 3.8) is 0 Å². The lowest BCUT2D eigenvalue weighted by Gasteiger charge is -2.44. The van der Waals surface area contributed by atoms with Gasteiger partial charge >= 0.3 is 6.09 Å². The number of sulfone groups is 1. The van der Waals surface area contributed by atoms with E-state index < -0.39 is 54.0 Å². The van der Waals surface area contributed by atoms with Gasteiger partial charge in [0.05, 0.1) is 17.2 Å². The zero-order valence-electron chi connectivity index (χ0n) is 22.3. The molecule has 1 spiro atoms. The van der Waals surface area contributed by atoms with E-state index in [1.807, 2.05) is 6.07 Å². The molecule has 0 N–H and O–H groups in total. The summed E-state index contributed by atoms with van der Waals surface area (Å²) in [6.07, 6.45) is 3.49. The number of alkyl halides is 3. The number of pyridine rings is 1. The number of aromatic nitrogens is 1. The number of fused-ring (bicyclic) bond motifs is 1. The van der Waals surface area contributed by atoms with E-state index in [-0.39, 0.29) is 6.61 Å². The van der Waals surface area contributed by atoms with Gasteiger partial charge in [0.1, 0.15) is 29.6 Å². The Morgan fingerprint density at radius 2 is 1.71 bits per heavy atom. The molecule has 224 valence electrons. The molecule has 3 aromatic rings. The van der Waals surface area contributed by atoms with Gasteiger partial charge in [-0.2, -0.15) is 0 Å². The number of rotatable bonds is 6. The summed E-state index contributed by atoms with van der Waals surface area (Å²) >= 11 is 17.0. The number of hydrogen-bond donors (Lipinski definition) is 0.